The Morgan fingerprint density at radius 3 is 2.35 bits per heavy atom. The number of benzene rings is 2. The number of halogens is 4. The quantitative estimate of drug-likeness (QED) is 0.731. The van der Waals surface area contributed by atoms with Crippen molar-refractivity contribution in [2.75, 3.05) is 5.73 Å². The molecule has 0 atom stereocenters. The molecule has 3 aromatic rings. The molecule has 20 heavy (non-hydrogen) atoms. The van der Waals surface area contributed by atoms with Gasteiger partial charge in [-0.05, 0) is 24.3 Å². The molecule has 0 unspecified atom stereocenters. The smallest absolute Gasteiger partial charge is 0.206 e. The molecule has 0 aliphatic rings. The van der Waals surface area contributed by atoms with E-state index in [4.69, 9.17) is 5.73 Å². The summed E-state index contributed by atoms with van der Waals surface area (Å²) < 4.78 is 43.0. The zero-order valence-electron chi connectivity index (χ0n) is 9.87. The largest absolute Gasteiger partial charge is 0.369 e. The van der Waals surface area contributed by atoms with Crippen LogP contribution in [0.25, 0.3) is 16.7 Å². The van der Waals surface area contributed by atoms with E-state index in [1.807, 2.05) is 0 Å². The van der Waals surface area contributed by atoms with Crippen LogP contribution < -0.4 is 5.73 Å². The SMILES string of the molecule is Nc1nc2c(F)cccc2n1-c1c(F)cc(Br)cc1F. The Bertz CT molecular complexity index is 806. The van der Waals surface area contributed by atoms with Gasteiger partial charge in [0.25, 0.3) is 0 Å². The number of imidazole rings is 1. The molecule has 0 aliphatic heterocycles. The molecule has 0 amide bonds. The first-order chi connectivity index (χ1) is 9.49. The lowest BCUT2D eigenvalue weighted by Gasteiger charge is -2.09. The first-order valence-electron chi connectivity index (χ1n) is 5.56. The van der Waals surface area contributed by atoms with Gasteiger partial charge in [-0.15, -0.1) is 0 Å². The summed E-state index contributed by atoms with van der Waals surface area (Å²) in [6.45, 7) is 0. The van der Waals surface area contributed by atoms with E-state index in [1.165, 1.54) is 18.2 Å². The van der Waals surface area contributed by atoms with Gasteiger partial charge in [0, 0.05) is 4.47 Å². The Morgan fingerprint density at radius 1 is 1.05 bits per heavy atom. The van der Waals surface area contributed by atoms with Crippen LogP contribution in [-0.4, -0.2) is 9.55 Å². The van der Waals surface area contributed by atoms with Crippen molar-refractivity contribution in [3.05, 3.63) is 52.3 Å². The summed E-state index contributed by atoms with van der Waals surface area (Å²) in [4.78, 5) is 3.81. The molecule has 0 aliphatic carbocycles. The fourth-order valence-electron chi connectivity index (χ4n) is 2.07. The number of nitrogens with two attached hydrogens (primary N) is 1. The molecule has 2 aromatic carbocycles. The number of fused-ring (bicyclic) bond motifs is 1. The molecule has 0 spiro atoms. The van der Waals surface area contributed by atoms with Crippen molar-refractivity contribution < 1.29 is 13.2 Å². The van der Waals surface area contributed by atoms with E-state index in [0.29, 0.717) is 0 Å². The van der Waals surface area contributed by atoms with Gasteiger partial charge < -0.3 is 5.73 Å². The third kappa shape index (κ3) is 1.85. The highest BCUT2D eigenvalue weighted by atomic mass is 79.9. The van der Waals surface area contributed by atoms with Crippen LogP contribution in [0.2, 0.25) is 0 Å². The highest BCUT2D eigenvalue weighted by Gasteiger charge is 2.19. The van der Waals surface area contributed by atoms with Crippen molar-refractivity contribution in [3.63, 3.8) is 0 Å². The minimum atomic E-state index is -0.827. The number of nitrogen functional groups attached to an aromatic ring is 1. The second kappa shape index (κ2) is 4.52. The first kappa shape index (κ1) is 13.0. The molecule has 0 radical (unpaired) electrons. The predicted octanol–water partition coefficient (Wildman–Crippen LogP) is 3.79. The number of hydrogen-bond donors (Lipinski definition) is 1. The van der Waals surface area contributed by atoms with Crippen LogP contribution in [0.15, 0.2) is 34.8 Å². The summed E-state index contributed by atoms with van der Waals surface area (Å²) in [6.07, 6.45) is 0. The van der Waals surface area contributed by atoms with Gasteiger partial charge in [0.2, 0.25) is 5.95 Å². The minimum Gasteiger partial charge on any atom is -0.369 e. The number of rotatable bonds is 1. The molecule has 0 fully saturated rings. The van der Waals surface area contributed by atoms with Gasteiger partial charge in [0.05, 0.1) is 5.52 Å². The standard InChI is InChI=1S/C13H7BrF3N3/c14-6-4-8(16)12(9(17)5-6)20-10-3-1-2-7(15)11(10)19-13(20)18/h1-5H,(H2,18,19). The summed E-state index contributed by atoms with van der Waals surface area (Å²) in [5.74, 6) is -2.45. The van der Waals surface area contributed by atoms with Gasteiger partial charge in [-0.3, -0.25) is 4.57 Å². The molecule has 0 bridgehead atoms. The van der Waals surface area contributed by atoms with E-state index in [2.05, 4.69) is 20.9 Å². The topological polar surface area (TPSA) is 43.8 Å². The number of anilines is 1. The highest BCUT2D eigenvalue weighted by molar-refractivity contribution is 9.10. The Morgan fingerprint density at radius 2 is 1.70 bits per heavy atom. The van der Waals surface area contributed by atoms with E-state index < -0.39 is 17.5 Å². The van der Waals surface area contributed by atoms with E-state index in [0.717, 1.165) is 16.7 Å². The number of hydrogen-bond acceptors (Lipinski definition) is 2. The zero-order valence-corrected chi connectivity index (χ0v) is 11.5. The maximum Gasteiger partial charge on any atom is 0.206 e. The van der Waals surface area contributed by atoms with Crippen molar-refractivity contribution in [2.45, 2.75) is 0 Å². The van der Waals surface area contributed by atoms with Crippen molar-refractivity contribution in [1.29, 1.82) is 0 Å². The van der Waals surface area contributed by atoms with Gasteiger partial charge in [0.1, 0.15) is 11.2 Å². The van der Waals surface area contributed by atoms with E-state index in [-0.39, 0.29) is 27.1 Å². The van der Waals surface area contributed by atoms with Gasteiger partial charge in [-0.1, -0.05) is 22.0 Å². The molecular formula is C13H7BrF3N3. The Labute approximate surface area is 120 Å². The Balaban J connectivity index is 2.42. The maximum atomic E-state index is 14.0. The fraction of sp³-hybridized carbons (Fsp3) is 0. The summed E-state index contributed by atoms with van der Waals surface area (Å²) in [7, 11) is 0. The van der Waals surface area contributed by atoms with Gasteiger partial charge in [-0.25, -0.2) is 18.2 Å². The van der Waals surface area contributed by atoms with Crippen LogP contribution in [0.5, 0.6) is 0 Å². The van der Waals surface area contributed by atoms with Crippen molar-refractivity contribution in [3.8, 4) is 5.69 Å². The Hall–Kier alpha value is -2.02. The maximum absolute atomic E-state index is 14.0. The number of para-hydroxylation sites is 1. The molecule has 3 rings (SSSR count). The van der Waals surface area contributed by atoms with E-state index in [1.54, 1.807) is 0 Å². The van der Waals surface area contributed by atoms with Crippen molar-refractivity contribution in [2.24, 2.45) is 0 Å². The van der Waals surface area contributed by atoms with Crippen molar-refractivity contribution >= 4 is 32.9 Å². The molecular weight excluding hydrogens is 335 g/mol. The van der Waals surface area contributed by atoms with Crippen LogP contribution in [0.4, 0.5) is 19.1 Å². The predicted molar refractivity (Wildman–Crippen MR) is 73.1 cm³/mol. The molecule has 0 saturated heterocycles. The van der Waals surface area contributed by atoms with Crippen LogP contribution in [0.3, 0.4) is 0 Å². The lowest BCUT2D eigenvalue weighted by atomic mass is 10.2. The average molecular weight is 342 g/mol. The number of aromatic nitrogens is 2. The third-order valence-corrected chi connectivity index (χ3v) is 3.32. The highest BCUT2D eigenvalue weighted by Crippen LogP contribution is 2.29. The van der Waals surface area contributed by atoms with Gasteiger partial charge in [0.15, 0.2) is 17.5 Å². The minimum absolute atomic E-state index is 0.0354. The van der Waals surface area contributed by atoms with Crippen LogP contribution >= 0.6 is 15.9 Å². The first-order valence-corrected chi connectivity index (χ1v) is 6.35. The second-order valence-electron chi connectivity index (χ2n) is 4.13. The Kier molecular flexibility index (Phi) is 2.93. The molecule has 1 aromatic heterocycles. The fourth-order valence-corrected chi connectivity index (χ4v) is 2.47. The van der Waals surface area contributed by atoms with E-state index >= 15 is 0 Å². The van der Waals surface area contributed by atoms with Crippen LogP contribution in [0.1, 0.15) is 0 Å². The monoisotopic (exact) mass is 341 g/mol. The van der Waals surface area contributed by atoms with Gasteiger partial charge >= 0.3 is 0 Å². The van der Waals surface area contributed by atoms with Crippen molar-refractivity contribution in [1.82, 2.24) is 9.55 Å². The lowest BCUT2D eigenvalue weighted by Crippen LogP contribution is -2.05. The molecule has 3 nitrogen and oxygen atoms in total. The molecule has 1 heterocycles. The number of nitrogens with zero attached hydrogens (tertiary/aromatic N) is 2. The lowest BCUT2D eigenvalue weighted by molar-refractivity contribution is 0.570. The summed E-state index contributed by atoms with van der Waals surface area (Å²) in [6, 6.07) is 6.31. The molecule has 0 saturated carbocycles. The third-order valence-electron chi connectivity index (χ3n) is 2.87. The molecule has 2 N–H and O–H groups in total. The molecule has 102 valence electrons. The summed E-state index contributed by atoms with van der Waals surface area (Å²) >= 11 is 2.99. The van der Waals surface area contributed by atoms with Crippen LogP contribution in [0, 0.1) is 17.5 Å². The van der Waals surface area contributed by atoms with Gasteiger partial charge in [-0.2, -0.15) is 0 Å². The second-order valence-corrected chi connectivity index (χ2v) is 5.05. The normalized spacial score (nSPS) is 11.2. The average Bonchev–Trinajstić information content (AvgIpc) is 2.67. The molecule has 7 heteroatoms. The summed E-state index contributed by atoms with van der Waals surface area (Å²) in [5.41, 5.74) is 5.44. The zero-order chi connectivity index (χ0) is 14.4. The summed E-state index contributed by atoms with van der Waals surface area (Å²) in [5, 5.41) is 0. The van der Waals surface area contributed by atoms with Crippen LogP contribution in [-0.2, 0) is 0 Å². The van der Waals surface area contributed by atoms with E-state index in [9.17, 15) is 13.2 Å².